The lowest BCUT2D eigenvalue weighted by Gasteiger charge is -2.21. The van der Waals surface area contributed by atoms with Crippen molar-refractivity contribution in [3.63, 3.8) is 0 Å². The molecule has 0 aromatic heterocycles. The summed E-state index contributed by atoms with van der Waals surface area (Å²) in [5, 5.41) is 13.4. The SMILES string of the molecule is CCOc1ccccc1OCCNC(C)Cc1cc(C#N)c2c(c1)CCN2CCCOC(=O)c1ccccc1. The van der Waals surface area contributed by atoms with Crippen LogP contribution in [0.25, 0.3) is 0 Å². The van der Waals surface area contributed by atoms with Crippen molar-refractivity contribution in [2.24, 2.45) is 0 Å². The maximum atomic E-state index is 12.2. The molecule has 39 heavy (non-hydrogen) atoms. The molecule has 0 saturated carbocycles. The molecule has 0 saturated heterocycles. The number of carbonyl (C=O) groups is 1. The predicted octanol–water partition coefficient (Wildman–Crippen LogP) is 5.17. The van der Waals surface area contributed by atoms with Crippen LogP contribution in [-0.4, -0.2) is 51.5 Å². The summed E-state index contributed by atoms with van der Waals surface area (Å²) in [6.45, 7) is 7.92. The number of nitrogens with one attached hydrogen (secondary N) is 1. The van der Waals surface area contributed by atoms with Gasteiger partial charge < -0.3 is 24.4 Å². The molecule has 1 aliphatic heterocycles. The number of carbonyl (C=O) groups excluding carboxylic acids is 1. The highest BCUT2D eigenvalue weighted by Gasteiger charge is 2.23. The summed E-state index contributed by atoms with van der Waals surface area (Å²) < 4.78 is 17.0. The van der Waals surface area contributed by atoms with E-state index in [-0.39, 0.29) is 12.0 Å². The second-order valence-corrected chi connectivity index (χ2v) is 9.64. The highest BCUT2D eigenvalue weighted by Crippen LogP contribution is 2.33. The Bertz CT molecular complexity index is 1270. The first-order valence-electron chi connectivity index (χ1n) is 13.7. The number of nitrogens with zero attached hydrogens (tertiary/aromatic N) is 2. The number of esters is 1. The van der Waals surface area contributed by atoms with E-state index in [9.17, 15) is 10.1 Å². The molecule has 1 atom stereocenters. The highest BCUT2D eigenvalue weighted by molar-refractivity contribution is 5.89. The van der Waals surface area contributed by atoms with Crippen LogP contribution in [0.1, 0.15) is 47.3 Å². The minimum Gasteiger partial charge on any atom is -0.490 e. The van der Waals surface area contributed by atoms with Crippen LogP contribution in [0.2, 0.25) is 0 Å². The molecule has 0 bridgehead atoms. The standard InChI is InChI=1S/C32H37N3O4/c1-3-37-29-12-7-8-13-30(29)38-19-15-34-24(2)20-25-21-27-14-17-35(31(27)28(22-25)23-33)16-9-18-39-32(36)26-10-5-4-6-11-26/h4-8,10-13,21-22,24,34H,3,9,14-20H2,1-2H3. The number of hydrogen-bond acceptors (Lipinski definition) is 7. The first-order chi connectivity index (χ1) is 19.1. The maximum absolute atomic E-state index is 12.2. The monoisotopic (exact) mass is 527 g/mol. The Labute approximate surface area is 231 Å². The van der Waals surface area contributed by atoms with Crippen LogP contribution in [0, 0.1) is 11.3 Å². The van der Waals surface area contributed by atoms with E-state index in [4.69, 9.17) is 14.2 Å². The van der Waals surface area contributed by atoms with Gasteiger partial charge in [0, 0.05) is 25.7 Å². The number of hydrogen-bond donors (Lipinski definition) is 1. The Morgan fingerprint density at radius 2 is 1.79 bits per heavy atom. The average Bonchev–Trinajstić information content (AvgIpc) is 3.37. The van der Waals surface area contributed by atoms with Crippen LogP contribution >= 0.6 is 0 Å². The largest absolute Gasteiger partial charge is 0.490 e. The van der Waals surface area contributed by atoms with E-state index in [0.29, 0.717) is 43.9 Å². The van der Waals surface area contributed by atoms with Crippen molar-refractivity contribution in [1.82, 2.24) is 5.32 Å². The second kappa shape index (κ2) is 14.2. The lowest BCUT2D eigenvalue weighted by Crippen LogP contribution is -2.32. The minimum atomic E-state index is -0.301. The van der Waals surface area contributed by atoms with Crippen molar-refractivity contribution >= 4 is 11.7 Å². The first-order valence-corrected chi connectivity index (χ1v) is 13.7. The fraction of sp³-hybridized carbons (Fsp3) is 0.375. The molecular formula is C32H37N3O4. The van der Waals surface area contributed by atoms with Crippen LogP contribution in [-0.2, 0) is 17.6 Å². The van der Waals surface area contributed by atoms with Crippen LogP contribution in [0.15, 0.2) is 66.7 Å². The fourth-order valence-corrected chi connectivity index (χ4v) is 4.93. The molecule has 1 heterocycles. The first kappa shape index (κ1) is 28.0. The summed E-state index contributed by atoms with van der Waals surface area (Å²) in [6, 6.07) is 23.6. The van der Waals surface area contributed by atoms with Gasteiger partial charge in [0.2, 0.25) is 0 Å². The third-order valence-electron chi connectivity index (χ3n) is 6.69. The third-order valence-corrected chi connectivity index (χ3v) is 6.69. The Hall–Kier alpha value is -4.02. The normalized spacial score (nSPS) is 12.9. The molecule has 3 aromatic rings. The molecule has 1 aliphatic rings. The molecule has 0 radical (unpaired) electrons. The molecule has 7 nitrogen and oxygen atoms in total. The Morgan fingerprint density at radius 1 is 1.05 bits per heavy atom. The van der Waals surface area contributed by atoms with Crippen molar-refractivity contribution in [2.45, 2.75) is 39.2 Å². The van der Waals surface area contributed by atoms with Crippen molar-refractivity contribution in [1.29, 1.82) is 5.26 Å². The Morgan fingerprint density at radius 3 is 2.54 bits per heavy atom. The topological polar surface area (TPSA) is 83.8 Å². The third kappa shape index (κ3) is 7.75. The average molecular weight is 528 g/mol. The van der Waals surface area contributed by atoms with Gasteiger partial charge >= 0.3 is 5.97 Å². The van der Waals surface area contributed by atoms with Gasteiger partial charge in [0.25, 0.3) is 0 Å². The van der Waals surface area contributed by atoms with E-state index in [1.165, 1.54) is 5.56 Å². The number of ether oxygens (including phenoxy) is 3. The van der Waals surface area contributed by atoms with Gasteiger partial charge in [-0.3, -0.25) is 0 Å². The number of anilines is 1. The molecule has 7 heteroatoms. The smallest absolute Gasteiger partial charge is 0.338 e. The van der Waals surface area contributed by atoms with Crippen molar-refractivity contribution in [3.05, 3.63) is 89.0 Å². The number of rotatable bonds is 14. The summed E-state index contributed by atoms with van der Waals surface area (Å²) in [5.74, 6) is 1.21. The van der Waals surface area contributed by atoms with E-state index >= 15 is 0 Å². The molecule has 0 aliphatic carbocycles. The van der Waals surface area contributed by atoms with Gasteiger partial charge in [-0.25, -0.2) is 4.79 Å². The summed E-state index contributed by atoms with van der Waals surface area (Å²) in [5.41, 5.74) is 4.67. The second-order valence-electron chi connectivity index (χ2n) is 9.64. The van der Waals surface area contributed by atoms with Gasteiger partial charge in [0.15, 0.2) is 11.5 Å². The van der Waals surface area contributed by atoms with Crippen LogP contribution in [0.5, 0.6) is 11.5 Å². The van der Waals surface area contributed by atoms with E-state index < -0.39 is 0 Å². The zero-order valence-electron chi connectivity index (χ0n) is 22.8. The summed E-state index contributed by atoms with van der Waals surface area (Å²) in [7, 11) is 0. The van der Waals surface area contributed by atoms with Crippen LogP contribution in [0.3, 0.4) is 0 Å². The zero-order valence-corrected chi connectivity index (χ0v) is 22.8. The van der Waals surface area contributed by atoms with E-state index in [1.807, 2.05) is 55.5 Å². The van der Waals surface area contributed by atoms with Gasteiger partial charge in [-0.2, -0.15) is 5.26 Å². The lowest BCUT2D eigenvalue weighted by molar-refractivity contribution is 0.0502. The molecule has 204 valence electrons. The molecule has 4 rings (SSSR count). The molecule has 1 unspecified atom stereocenters. The van der Waals surface area contributed by atoms with Crippen LogP contribution < -0.4 is 19.7 Å². The molecule has 0 amide bonds. The number of fused-ring (bicyclic) bond motifs is 1. The van der Waals surface area contributed by atoms with Crippen molar-refractivity contribution < 1.29 is 19.0 Å². The van der Waals surface area contributed by atoms with E-state index in [2.05, 4.69) is 29.3 Å². The molecular weight excluding hydrogens is 490 g/mol. The van der Waals surface area contributed by atoms with Gasteiger partial charge in [-0.15, -0.1) is 0 Å². The zero-order chi connectivity index (χ0) is 27.5. The van der Waals surface area contributed by atoms with E-state index in [1.54, 1.807) is 12.1 Å². The van der Waals surface area contributed by atoms with Gasteiger partial charge in [-0.1, -0.05) is 36.4 Å². The molecule has 1 N–H and O–H groups in total. The highest BCUT2D eigenvalue weighted by atomic mass is 16.5. The summed E-state index contributed by atoms with van der Waals surface area (Å²) in [4.78, 5) is 14.4. The Kier molecular flexibility index (Phi) is 10.2. The number of para-hydroxylation sites is 2. The predicted molar refractivity (Wildman–Crippen MR) is 153 cm³/mol. The van der Waals surface area contributed by atoms with E-state index in [0.717, 1.165) is 48.7 Å². The van der Waals surface area contributed by atoms with Gasteiger partial charge in [-0.05, 0) is 74.6 Å². The number of benzene rings is 3. The fourth-order valence-electron chi connectivity index (χ4n) is 4.93. The van der Waals surface area contributed by atoms with Crippen molar-refractivity contribution in [3.8, 4) is 17.6 Å². The molecule has 0 spiro atoms. The van der Waals surface area contributed by atoms with Crippen LogP contribution in [0.4, 0.5) is 5.69 Å². The lowest BCUT2D eigenvalue weighted by atomic mass is 9.99. The maximum Gasteiger partial charge on any atom is 0.338 e. The molecule has 3 aromatic carbocycles. The summed E-state index contributed by atoms with van der Waals surface area (Å²) >= 11 is 0. The van der Waals surface area contributed by atoms with Gasteiger partial charge in [0.1, 0.15) is 12.7 Å². The number of nitriles is 1. The van der Waals surface area contributed by atoms with Crippen molar-refractivity contribution in [2.75, 3.05) is 44.4 Å². The Balaban J connectivity index is 1.24. The minimum absolute atomic E-state index is 0.233. The quantitative estimate of drug-likeness (QED) is 0.229. The summed E-state index contributed by atoms with van der Waals surface area (Å²) in [6.07, 6.45) is 2.45. The molecule has 0 fully saturated rings. The van der Waals surface area contributed by atoms with Gasteiger partial charge in [0.05, 0.1) is 30.0 Å².